The van der Waals surface area contributed by atoms with Gasteiger partial charge in [0.1, 0.15) is 18.4 Å². The molecule has 1 saturated heterocycles. The Kier molecular flexibility index (Phi) is 7.04. The Morgan fingerprint density at radius 2 is 1.74 bits per heavy atom. The van der Waals surface area contributed by atoms with Gasteiger partial charge >= 0.3 is 0 Å². The van der Waals surface area contributed by atoms with E-state index in [4.69, 9.17) is 16.3 Å². The monoisotopic (exact) mass is 484 g/mol. The highest BCUT2D eigenvalue weighted by atomic mass is 35.5. The van der Waals surface area contributed by atoms with E-state index in [1.807, 2.05) is 78.9 Å². The minimum atomic E-state index is -0.388. The summed E-state index contributed by atoms with van der Waals surface area (Å²) in [4.78, 5) is 12.6. The summed E-state index contributed by atoms with van der Waals surface area (Å²) in [5.41, 5.74) is 11.9. The maximum atomic E-state index is 12.6. The van der Waals surface area contributed by atoms with Gasteiger partial charge in [0.05, 0.1) is 6.21 Å². The first kappa shape index (κ1) is 23.1. The number of hydrogen-bond donors (Lipinski definition) is 3. The summed E-state index contributed by atoms with van der Waals surface area (Å²) < 4.78 is 5.86. The van der Waals surface area contributed by atoms with Crippen molar-refractivity contribution in [3.05, 3.63) is 113 Å². The third-order valence-corrected chi connectivity index (χ3v) is 6.42. The molecular weight excluding hydrogens is 460 g/mol. The quantitative estimate of drug-likeness (QED) is 0.251. The second-order valence-electron chi connectivity index (χ2n) is 8.38. The first-order valence-electron chi connectivity index (χ1n) is 11.5. The number of halogens is 1. The summed E-state index contributed by atoms with van der Waals surface area (Å²) in [6.07, 6.45) is 2.29. The van der Waals surface area contributed by atoms with Crippen LogP contribution in [0.1, 0.15) is 29.2 Å². The van der Waals surface area contributed by atoms with E-state index >= 15 is 0 Å². The molecule has 0 aromatic heterocycles. The molecule has 6 nitrogen and oxygen atoms in total. The summed E-state index contributed by atoms with van der Waals surface area (Å²) in [7, 11) is 0. The van der Waals surface area contributed by atoms with E-state index in [1.54, 1.807) is 6.21 Å². The molecule has 1 fully saturated rings. The van der Waals surface area contributed by atoms with Crippen LogP contribution in [0.15, 0.2) is 96.1 Å². The minimum absolute atomic E-state index is 0.00501. The van der Waals surface area contributed by atoms with Gasteiger partial charge in [0.25, 0.3) is 5.91 Å². The molecule has 1 amide bonds. The SMILES string of the molecule is O=C(N/N=C/c1cccc2ccccc12)C1CC(c2ccc(OCc3ccccc3Cl)cc2)NN1. The van der Waals surface area contributed by atoms with Crippen molar-refractivity contribution in [1.29, 1.82) is 0 Å². The first-order chi connectivity index (χ1) is 17.2. The van der Waals surface area contributed by atoms with Crippen molar-refractivity contribution in [1.82, 2.24) is 16.3 Å². The topological polar surface area (TPSA) is 74.8 Å². The van der Waals surface area contributed by atoms with Crippen molar-refractivity contribution in [2.24, 2.45) is 5.10 Å². The van der Waals surface area contributed by atoms with Crippen LogP contribution in [0.3, 0.4) is 0 Å². The van der Waals surface area contributed by atoms with Crippen molar-refractivity contribution in [3.63, 3.8) is 0 Å². The van der Waals surface area contributed by atoms with Crippen LogP contribution >= 0.6 is 11.6 Å². The maximum absolute atomic E-state index is 12.6. The molecule has 0 saturated carbocycles. The maximum Gasteiger partial charge on any atom is 0.258 e. The van der Waals surface area contributed by atoms with Gasteiger partial charge in [-0.2, -0.15) is 5.10 Å². The summed E-state index contributed by atoms with van der Waals surface area (Å²) in [6.45, 7) is 0.407. The lowest BCUT2D eigenvalue weighted by atomic mass is 10.0. The zero-order valence-electron chi connectivity index (χ0n) is 18.9. The van der Waals surface area contributed by atoms with Gasteiger partial charge in [0, 0.05) is 22.2 Å². The van der Waals surface area contributed by atoms with Crippen LogP contribution in [-0.4, -0.2) is 18.2 Å². The number of benzene rings is 4. The van der Waals surface area contributed by atoms with Crippen LogP contribution in [0.4, 0.5) is 0 Å². The third-order valence-electron chi connectivity index (χ3n) is 6.06. The zero-order valence-corrected chi connectivity index (χ0v) is 19.7. The molecule has 2 unspecified atom stereocenters. The number of carbonyl (C=O) groups excluding carboxylic acids is 1. The molecule has 4 aromatic rings. The fourth-order valence-electron chi connectivity index (χ4n) is 4.13. The van der Waals surface area contributed by atoms with Crippen LogP contribution in [0.5, 0.6) is 5.75 Å². The standard InChI is InChI=1S/C28H25ClN4O2/c29-25-11-4-2-7-22(25)18-35-23-14-12-20(13-15-23)26-16-27(32-31-26)28(34)33-30-17-21-9-5-8-19-6-1-3-10-24(19)21/h1-15,17,26-27,31-32H,16,18H2,(H,33,34)/b30-17+. The Balaban J connectivity index is 1.14. The fraction of sp³-hybridized carbons (Fsp3) is 0.143. The average Bonchev–Trinajstić information content (AvgIpc) is 3.39. The summed E-state index contributed by atoms with van der Waals surface area (Å²) in [5, 5.41) is 7.09. The van der Waals surface area contributed by atoms with Crippen molar-refractivity contribution in [3.8, 4) is 5.75 Å². The van der Waals surface area contributed by atoms with Gasteiger partial charge in [-0.05, 0) is 41.0 Å². The van der Waals surface area contributed by atoms with Crippen LogP contribution < -0.4 is 21.0 Å². The van der Waals surface area contributed by atoms with Crippen LogP contribution in [-0.2, 0) is 11.4 Å². The van der Waals surface area contributed by atoms with Gasteiger partial charge in [0.2, 0.25) is 0 Å². The average molecular weight is 485 g/mol. The lowest BCUT2D eigenvalue weighted by Crippen LogP contribution is -2.41. The van der Waals surface area contributed by atoms with Gasteiger partial charge in [0.15, 0.2) is 0 Å². The molecule has 1 heterocycles. The smallest absolute Gasteiger partial charge is 0.258 e. The number of nitrogens with one attached hydrogen (secondary N) is 3. The van der Waals surface area contributed by atoms with Crippen LogP contribution in [0.25, 0.3) is 10.8 Å². The molecule has 0 radical (unpaired) electrons. The molecule has 176 valence electrons. The van der Waals surface area contributed by atoms with Crippen LogP contribution in [0, 0.1) is 0 Å². The molecule has 1 aliphatic rings. The highest BCUT2D eigenvalue weighted by molar-refractivity contribution is 6.31. The van der Waals surface area contributed by atoms with Gasteiger partial charge < -0.3 is 4.74 Å². The molecule has 4 aromatic carbocycles. The van der Waals surface area contributed by atoms with E-state index in [0.717, 1.165) is 33.2 Å². The number of ether oxygens (including phenoxy) is 1. The summed E-state index contributed by atoms with van der Waals surface area (Å²) in [5.74, 6) is 0.577. The van der Waals surface area contributed by atoms with Gasteiger partial charge in [-0.3, -0.25) is 4.79 Å². The zero-order chi connectivity index (χ0) is 24.0. The Labute approximate surface area is 208 Å². The predicted octanol–water partition coefficient (Wildman–Crippen LogP) is 5.13. The van der Waals surface area contributed by atoms with E-state index in [-0.39, 0.29) is 18.0 Å². The highest BCUT2D eigenvalue weighted by Gasteiger charge is 2.30. The molecule has 0 spiro atoms. The Morgan fingerprint density at radius 1 is 0.971 bits per heavy atom. The molecule has 0 bridgehead atoms. The number of hydrazine groups is 1. The second kappa shape index (κ2) is 10.7. The minimum Gasteiger partial charge on any atom is -0.489 e. The number of fused-ring (bicyclic) bond motifs is 1. The number of rotatable bonds is 7. The van der Waals surface area contributed by atoms with Crippen molar-refractivity contribution >= 4 is 34.5 Å². The number of hydrazone groups is 1. The number of hydrogen-bond acceptors (Lipinski definition) is 5. The van der Waals surface area contributed by atoms with Crippen molar-refractivity contribution in [2.45, 2.75) is 25.1 Å². The Hall–Kier alpha value is -3.71. The van der Waals surface area contributed by atoms with Gasteiger partial charge in [-0.1, -0.05) is 84.4 Å². The van der Waals surface area contributed by atoms with E-state index in [9.17, 15) is 4.79 Å². The lowest BCUT2D eigenvalue weighted by molar-refractivity contribution is -0.122. The first-order valence-corrected chi connectivity index (χ1v) is 11.8. The van der Waals surface area contributed by atoms with Crippen molar-refractivity contribution < 1.29 is 9.53 Å². The lowest BCUT2D eigenvalue weighted by Gasteiger charge is -2.12. The molecular formula is C28H25ClN4O2. The van der Waals surface area contributed by atoms with Crippen LogP contribution in [0.2, 0.25) is 5.02 Å². The number of nitrogens with zero attached hydrogens (tertiary/aromatic N) is 1. The van der Waals surface area contributed by atoms with E-state index in [2.05, 4.69) is 33.5 Å². The van der Waals surface area contributed by atoms with E-state index in [1.165, 1.54) is 0 Å². The third kappa shape index (κ3) is 5.52. The van der Waals surface area contributed by atoms with Crippen molar-refractivity contribution in [2.75, 3.05) is 0 Å². The predicted molar refractivity (Wildman–Crippen MR) is 139 cm³/mol. The fourth-order valence-corrected chi connectivity index (χ4v) is 4.32. The molecule has 3 N–H and O–H groups in total. The molecule has 2 atom stereocenters. The van der Waals surface area contributed by atoms with Gasteiger partial charge in [-0.25, -0.2) is 16.3 Å². The Morgan fingerprint density at radius 3 is 2.60 bits per heavy atom. The highest BCUT2D eigenvalue weighted by Crippen LogP contribution is 2.25. The molecule has 7 heteroatoms. The summed E-state index contributed by atoms with van der Waals surface area (Å²) >= 11 is 6.19. The van der Waals surface area contributed by atoms with E-state index in [0.29, 0.717) is 18.1 Å². The number of carbonyl (C=O) groups is 1. The molecule has 0 aliphatic carbocycles. The Bertz CT molecular complexity index is 1350. The number of amides is 1. The molecule has 5 rings (SSSR count). The van der Waals surface area contributed by atoms with Gasteiger partial charge in [-0.15, -0.1) is 0 Å². The largest absolute Gasteiger partial charge is 0.489 e. The normalized spacial score (nSPS) is 17.6. The summed E-state index contributed by atoms with van der Waals surface area (Å²) in [6, 6.07) is 29.2. The van der Waals surface area contributed by atoms with E-state index < -0.39 is 0 Å². The molecule has 1 aliphatic heterocycles. The second-order valence-corrected chi connectivity index (χ2v) is 8.79. The molecule has 35 heavy (non-hydrogen) atoms.